The van der Waals surface area contributed by atoms with Crippen molar-refractivity contribution in [1.82, 2.24) is 0 Å². The summed E-state index contributed by atoms with van der Waals surface area (Å²) in [6.07, 6.45) is 0. The van der Waals surface area contributed by atoms with Gasteiger partial charge in [-0.3, -0.25) is 6.46 Å². The molecule has 0 aromatic rings. The van der Waals surface area contributed by atoms with Crippen molar-refractivity contribution in [2.45, 2.75) is 0 Å². The van der Waals surface area contributed by atoms with Crippen molar-refractivity contribution in [3.8, 4) is 0 Å². The summed E-state index contributed by atoms with van der Waals surface area (Å²) in [5, 5.41) is 0. The summed E-state index contributed by atoms with van der Waals surface area (Å²) in [7, 11) is 0. The summed E-state index contributed by atoms with van der Waals surface area (Å²) >= 11 is 12.0. The summed E-state index contributed by atoms with van der Waals surface area (Å²) < 4.78 is 9.63. The van der Waals surface area contributed by atoms with Crippen LogP contribution in [0.2, 0.25) is 0 Å². The third-order valence-electron chi connectivity index (χ3n) is 0. The van der Waals surface area contributed by atoms with Crippen LogP contribution in [0.5, 0.6) is 0 Å². The van der Waals surface area contributed by atoms with Crippen LogP contribution in [0, 0.1) is 0 Å². The van der Waals surface area contributed by atoms with E-state index in [1.807, 2.05) is 0 Å². The van der Waals surface area contributed by atoms with Crippen LogP contribution in [-0.2, 0) is 62.9 Å². The van der Waals surface area contributed by atoms with E-state index < -0.39 is 6.46 Å². The zero-order valence-corrected chi connectivity index (χ0v) is 10.1. The first-order valence-electron chi connectivity index (χ1n) is 0.667. The summed E-state index contributed by atoms with van der Waals surface area (Å²) in [6, 6.07) is 0. The van der Waals surface area contributed by atoms with Crippen LogP contribution in [0.4, 0.5) is 0 Å². The van der Waals surface area contributed by atoms with Crippen LogP contribution < -0.4 is 29.6 Å². The van der Waals surface area contributed by atoms with Crippen LogP contribution in [0.1, 0.15) is 0 Å². The van der Waals surface area contributed by atoms with Crippen LogP contribution >= 0.6 is 0 Å². The van der Waals surface area contributed by atoms with Crippen molar-refractivity contribution in [3.63, 3.8) is 0 Å². The molecule has 0 heterocycles. The molecule has 7 heavy (non-hydrogen) atoms. The van der Waals surface area contributed by atoms with Crippen molar-refractivity contribution in [2.24, 2.45) is 0 Å². The Labute approximate surface area is 95.3 Å². The summed E-state index contributed by atoms with van der Waals surface area (Å²) in [4.78, 5) is 0. The molecule has 0 unspecified atom stereocenters. The molecule has 42 valence electrons. The summed E-state index contributed by atoms with van der Waals surface area (Å²) in [5.74, 6) is 0. The molecule has 0 N–H and O–H groups in total. The van der Waals surface area contributed by atoms with E-state index in [1.165, 1.54) is 0 Å². The Morgan fingerprint density at radius 1 is 1.43 bits per heavy atom. The maximum Gasteiger partial charge on any atom is 1.00 e. The molecule has 0 aromatic carbocycles. The summed E-state index contributed by atoms with van der Waals surface area (Å²) in [5.41, 5.74) is 0. The Morgan fingerprint density at radius 3 is 1.43 bits per heavy atom. The van der Waals surface area contributed by atoms with E-state index in [1.54, 1.807) is 0 Å². The molecule has 0 spiro atoms. The SMILES string of the molecule is [Ag+].[Na+].[O-]S(=S)(=S)[S-]. The molecule has 0 aliphatic carbocycles. The molecule has 7 heteroatoms. The molecule has 0 rings (SSSR count). The molecule has 0 fully saturated rings. The molecular formula is AgNaOS4. The average Bonchev–Trinajstić information content (AvgIpc) is 0.722. The van der Waals surface area contributed by atoms with Crippen LogP contribution in [0.3, 0.4) is 0 Å². The molecular weight excluding hydrogens is 275 g/mol. The molecule has 0 radical (unpaired) electrons. The third kappa shape index (κ3) is 51.3. The first kappa shape index (κ1) is 16.4. The van der Waals surface area contributed by atoms with Crippen LogP contribution in [-0.4, -0.2) is 4.55 Å². The minimum absolute atomic E-state index is 0. The van der Waals surface area contributed by atoms with Gasteiger partial charge in [-0.1, -0.05) is 22.4 Å². The van der Waals surface area contributed by atoms with E-state index in [2.05, 4.69) is 34.0 Å². The molecule has 0 bridgehead atoms. The maximum atomic E-state index is 9.63. The molecule has 1 nitrogen and oxygen atoms in total. The smallest absolute Gasteiger partial charge is 0.809 e. The molecule has 0 amide bonds. The fraction of sp³-hybridized carbons (Fsp3) is 0. The van der Waals surface area contributed by atoms with Gasteiger partial charge in [0.1, 0.15) is 0 Å². The van der Waals surface area contributed by atoms with E-state index in [-0.39, 0.29) is 51.9 Å². The maximum absolute atomic E-state index is 9.63. The summed E-state index contributed by atoms with van der Waals surface area (Å²) in [6.45, 7) is -2.67. The first-order valence-corrected chi connectivity index (χ1v) is 5.00. The second-order valence-electron chi connectivity index (χ2n) is 0.408. The first-order chi connectivity index (χ1) is 2.00. The van der Waals surface area contributed by atoms with Crippen molar-refractivity contribution in [1.29, 1.82) is 0 Å². The van der Waals surface area contributed by atoms with Crippen molar-refractivity contribution < 1.29 is 56.5 Å². The zero-order chi connectivity index (χ0) is 4.50. The van der Waals surface area contributed by atoms with E-state index in [9.17, 15) is 4.55 Å². The predicted octanol–water partition coefficient (Wildman–Crippen LogP) is -3.34. The molecule has 0 aliphatic heterocycles. The largest absolute Gasteiger partial charge is 1.00 e. The fourth-order valence-corrected chi connectivity index (χ4v) is 0. The van der Waals surface area contributed by atoms with E-state index in [4.69, 9.17) is 0 Å². The van der Waals surface area contributed by atoms with Gasteiger partial charge in [0.2, 0.25) is 0 Å². The zero-order valence-electron chi connectivity index (χ0n) is 3.34. The Bertz CT molecular complexity index is 94.9. The van der Waals surface area contributed by atoms with Gasteiger partial charge in [-0.2, -0.15) is 0 Å². The Kier molecular flexibility index (Phi) is 16.3. The minimum Gasteiger partial charge on any atom is -0.809 e. The fourth-order valence-electron chi connectivity index (χ4n) is 0. The van der Waals surface area contributed by atoms with Gasteiger partial charge in [-0.25, -0.2) is 0 Å². The van der Waals surface area contributed by atoms with Crippen LogP contribution in [0.25, 0.3) is 0 Å². The molecule has 0 atom stereocenters. The Balaban J connectivity index is -0.0000000800. The minimum atomic E-state index is -2.67. The van der Waals surface area contributed by atoms with E-state index in [0.29, 0.717) is 0 Å². The molecule has 0 aliphatic rings. The topological polar surface area (TPSA) is 23.1 Å². The Hall–Kier alpha value is 2.84. The van der Waals surface area contributed by atoms with Gasteiger partial charge in [0.15, 0.2) is 0 Å². The van der Waals surface area contributed by atoms with Gasteiger partial charge in [-0.15, -0.1) is 0 Å². The second kappa shape index (κ2) is 6.95. The number of hydrogen-bond acceptors (Lipinski definition) is 4. The van der Waals surface area contributed by atoms with Gasteiger partial charge >= 0.3 is 51.9 Å². The van der Waals surface area contributed by atoms with Crippen molar-refractivity contribution in [3.05, 3.63) is 0 Å². The number of rotatable bonds is 0. The molecule has 0 saturated heterocycles. The monoisotopic (exact) mass is 274 g/mol. The average molecular weight is 275 g/mol. The van der Waals surface area contributed by atoms with Crippen LogP contribution in [0.15, 0.2) is 0 Å². The van der Waals surface area contributed by atoms with E-state index >= 15 is 0 Å². The van der Waals surface area contributed by atoms with Gasteiger partial charge in [0.05, 0.1) is 0 Å². The second-order valence-corrected chi connectivity index (χ2v) is 7.35. The van der Waals surface area contributed by atoms with Gasteiger partial charge in [0, 0.05) is 0 Å². The van der Waals surface area contributed by atoms with Gasteiger partial charge < -0.3 is 16.2 Å². The molecule has 0 aromatic heterocycles. The predicted molar refractivity (Wildman–Crippen MR) is 30.2 cm³/mol. The van der Waals surface area contributed by atoms with Crippen molar-refractivity contribution >= 4 is 40.5 Å². The molecule has 0 saturated carbocycles. The van der Waals surface area contributed by atoms with Gasteiger partial charge in [-0.05, 0) is 0 Å². The standard InChI is InChI=1S/Ag.Na.H2OS4/c;;1-5(2,3)4/h;;(H2,1,2,3,4)/q2*+1;/p-2. The van der Waals surface area contributed by atoms with E-state index in [0.717, 1.165) is 0 Å². The van der Waals surface area contributed by atoms with Gasteiger partial charge in [0.25, 0.3) is 0 Å². The quantitative estimate of drug-likeness (QED) is 0.262. The Morgan fingerprint density at radius 2 is 1.43 bits per heavy atom. The normalized spacial score (nSPS) is 8.29. The van der Waals surface area contributed by atoms with Crippen molar-refractivity contribution in [2.75, 3.05) is 0 Å². The number of hydrogen-bond donors (Lipinski definition) is 0. The third-order valence-corrected chi connectivity index (χ3v) is 0.